The van der Waals surface area contributed by atoms with Crippen LogP contribution in [0, 0.1) is 0 Å². The summed E-state index contributed by atoms with van der Waals surface area (Å²) in [6.45, 7) is 1.91. The Balaban J connectivity index is 1.70. The van der Waals surface area contributed by atoms with Crippen LogP contribution >= 0.6 is 0 Å². The molecule has 1 saturated heterocycles. The van der Waals surface area contributed by atoms with Gasteiger partial charge in [-0.3, -0.25) is 4.79 Å². The molecular formula is C12H17NO2. The number of ether oxygens (including phenoxy) is 1. The molecule has 0 saturated carbocycles. The minimum atomic E-state index is 0.478. The third-order valence-corrected chi connectivity index (χ3v) is 2.88. The molecule has 0 aromatic carbocycles. The second-order valence-electron chi connectivity index (χ2n) is 4.08. The van der Waals surface area contributed by atoms with E-state index in [9.17, 15) is 4.79 Å². The number of aryl methyl sites for hydroxylation is 1. The molecule has 2 rings (SSSR count). The van der Waals surface area contributed by atoms with Gasteiger partial charge < -0.3 is 9.30 Å². The number of carbonyl (C=O) groups is 1. The molecule has 1 aliphatic rings. The molecule has 0 bridgehead atoms. The quantitative estimate of drug-likeness (QED) is 0.693. The lowest BCUT2D eigenvalue weighted by Crippen LogP contribution is -2.06. The fourth-order valence-corrected chi connectivity index (χ4v) is 2.04. The topological polar surface area (TPSA) is 31.2 Å². The Bertz CT molecular complexity index is 313. The van der Waals surface area contributed by atoms with Crippen molar-refractivity contribution in [3.8, 4) is 0 Å². The van der Waals surface area contributed by atoms with Crippen molar-refractivity contribution in [2.24, 2.45) is 0 Å². The normalized spacial score (nSPS) is 20.7. The highest BCUT2D eigenvalue weighted by Gasteiger charge is 2.14. The molecule has 15 heavy (non-hydrogen) atoms. The minimum absolute atomic E-state index is 0.478. The predicted octanol–water partition coefficient (Wildman–Crippen LogP) is 2.26. The molecule has 1 unspecified atom stereocenters. The molecule has 0 amide bonds. The molecule has 0 spiro atoms. The van der Waals surface area contributed by atoms with Gasteiger partial charge in [0, 0.05) is 31.1 Å². The van der Waals surface area contributed by atoms with Gasteiger partial charge in [0.1, 0.15) is 0 Å². The van der Waals surface area contributed by atoms with Gasteiger partial charge in [0.25, 0.3) is 0 Å². The second-order valence-corrected chi connectivity index (χ2v) is 4.08. The third-order valence-electron chi connectivity index (χ3n) is 2.88. The Morgan fingerprint density at radius 2 is 2.53 bits per heavy atom. The molecule has 1 aromatic heterocycles. The van der Waals surface area contributed by atoms with Crippen molar-refractivity contribution < 1.29 is 9.53 Å². The SMILES string of the molecule is O=Cc1ccn(CCCC2CCCO2)c1. The van der Waals surface area contributed by atoms with E-state index in [0.717, 1.165) is 37.8 Å². The van der Waals surface area contributed by atoms with Crippen LogP contribution in [0.1, 0.15) is 36.0 Å². The van der Waals surface area contributed by atoms with Crippen molar-refractivity contribution in [2.45, 2.75) is 38.3 Å². The Hall–Kier alpha value is -1.09. The van der Waals surface area contributed by atoms with E-state index in [2.05, 4.69) is 4.57 Å². The molecule has 3 nitrogen and oxygen atoms in total. The van der Waals surface area contributed by atoms with Gasteiger partial charge in [-0.25, -0.2) is 0 Å². The first kappa shape index (κ1) is 10.4. The van der Waals surface area contributed by atoms with Gasteiger partial charge in [0.15, 0.2) is 6.29 Å². The maximum absolute atomic E-state index is 10.5. The summed E-state index contributed by atoms with van der Waals surface area (Å²) in [5, 5.41) is 0. The number of nitrogens with zero attached hydrogens (tertiary/aromatic N) is 1. The largest absolute Gasteiger partial charge is 0.378 e. The maximum Gasteiger partial charge on any atom is 0.151 e. The summed E-state index contributed by atoms with van der Waals surface area (Å²) in [6.07, 6.45) is 9.89. The molecule has 82 valence electrons. The van der Waals surface area contributed by atoms with Crippen LogP contribution in [0.5, 0.6) is 0 Å². The molecule has 3 heteroatoms. The summed E-state index contributed by atoms with van der Waals surface area (Å²) in [4.78, 5) is 10.5. The fraction of sp³-hybridized carbons (Fsp3) is 0.583. The van der Waals surface area contributed by atoms with Gasteiger partial charge in [-0.05, 0) is 31.7 Å². The van der Waals surface area contributed by atoms with Crippen LogP contribution in [0.2, 0.25) is 0 Å². The summed E-state index contributed by atoms with van der Waals surface area (Å²) < 4.78 is 7.62. The average Bonchev–Trinajstić information content (AvgIpc) is 2.88. The van der Waals surface area contributed by atoms with Crippen molar-refractivity contribution in [1.82, 2.24) is 4.57 Å². The molecule has 1 atom stereocenters. The summed E-state index contributed by atoms with van der Waals surface area (Å²) in [5.74, 6) is 0. The number of aromatic nitrogens is 1. The highest BCUT2D eigenvalue weighted by atomic mass is 16.5. The Morgan fingerprint density at radius 3 is 3.20 bits per heavy atom. The van der Waals surface area contributed by atoms with Crippen LogP contribution in [0.25, 0.3) is 0 Å². The van der Waals surface area contributed by atoms with E-state index in [1.165, 1.54) is 12.8 Å². The Kier molecular flexibility index (Phi) is 3.56. The van der Waals surface area contributed by atoms with Gasteiger partial charge in [-0.1, -0.05) is 0 Å². The minimum Gasteiger partial charge on any atom is -0.378 e. The van der Waals surface area contributed by atoms with Crippen molar-refractivity contribution in [1.29, 1.82) is 0 Å². The fourth-order valence-electron chi connectivity index (χ4n) is 2.04. The van der Waals surface area contributed by atoms with Crippen molar-refractivity contribution in [3.63, 3.8) is 0 Å². The van der Waals surface area contributed by atoms with Crippen LogP contribution in [-0.2, 0) is 11.3 Å². The number of carbonyl (C=O) groups excluding carboxylic acids is 1. The molecule has 0 radical (unpaired) electrons. The van der Waals surface area contributed by atoms with Crippen LogP contribution in [0.15, 0.2) is 18.5 Å². The highest BCUT2D eigenvalue weighted by molar-refractivity contribution is 5.74. The first-order valence-corrected chi connectivity index (χ1v) is 5.61. The van der Waals surface area contributed by atoms with Crippen LogP contribution in [0.4, 0.5) is 0 Å². The summed E-state index contributed by atoms with van der Waals surface area (Å²) >= 11 is 0. The van der Waals surface area contributed by atoms with Gasteiger partial charge in [0.2, 0.25) is 0 Å². The zero-order valence-corrected chi connectivity index (χ0v) is 8.89. The molecule has 1 aromatic rings. The average molecular weight is 207 g/mol. The number of hydrogen-bond donors (Lipinski definition) is 0. The zero-order valence-electron chi connectivity index (χ0n) is 8.89. The van der Waals surface area contributed by atoms with Crippen LogP contribution in [-0.4, -0.2) is 23.6 Å². The van der Waals surface area contributed by atoms with Crippen LogP contribution in [0.3, 0.4) is 0 Å². The van der Waals surface area contributed by atoms with Gasteiger partial charge >= 0.3 is 0 Å². The number of rotatable bonds is 5. The Morgan fingerprint density at radius 1 is 1.60 bits per heavy atom. The number of aldehydes is 1. The molecular weight excluding hydrogens is 190 g/mol. The van der Waals surface area contributed by atoms with E-state index < -0.39 is 0 Å². The molecule has 1 aliphatic heterocycles. The lowest BCUT2D eigenvalue weighted by atomic mass is 10.1. The van der Waals surface area contributed by atoms with E-state index in [1.54, 1.807) is 0 Å². The van der Waals surface area contributed by atoms with E-state index in [1.807, 2.05) is 18.5 Å². The van der Waals surface area contributed by atoms with E-state index in [0.29, 0.717) is 6.10 Å². The van der Waals surface area contributed by atoms with Crippen LogP contribution < -0.4 is 0 Å². The van der Waals surface area contributed by atoms with Crippen molar-refractivity contribution >= 4 is 6.29 Å². The van der Waals surface area contributed by atoms with Gasteiger partial charge in [-0.15, -0.1) is 0 Å². The molecule has 2 heterocycles. The number of hydrogen-bond acceptors (Lipinski definition) is 2. The van der Waals surface area contributed by atoms with E-state index in [4.69, 9.17) is 4.74 Å². The first-order valence-electron chi connectivity index (χ1n) is 5.61. The smallest absolute Gasteiger partial charge is 0.151 e. The first-order chi connectivity index (χ1) is 7.38. The summed E-state index contributed by atoms with van der Waals surface area (Å²) in [5.41, 5.74) is 0.757. The Labute approximate surface area is 90.0 Å². The third kappa shape index (κ3) is 2.93. The highest BCUT2D eigenvalue weighted by Crippen LogP contribution is 2.17. The second kappa shape index (κ2) is 5.12. The molecule has 0 aliphatic carbocycles. The van der Waals surface area contributed by atoms with Crippen molar-refractivity contribution in [3.05, 3.63) is 24.0 Å². The lowest BCUT2D eigenvalue weighted by molar-refractivity contribution is 0.101. The zero-order chi connectivity index (χ0) is 10.5. The standard InChI is InChI=1S/C12H17NO2/c14-10-11-5-7-13(9-11)6-1-3-12-4-2-8-15-12/h5,7,9-10,12H,1-4,6,8H2. The summed E-state index contributed by atoms with van der Waals surface area (Å²) in [7, 11) is 0. The maximum atomic E-state index is 10.5. The molecule has 1 fully saturated rings. The molecule has 0 N–H and O–H groups in total. The van der Waals surface area contributed by atoms with E-state index in [-0.39, 0.29) is 0 Å². The summed E-state index contributed by atoms with van der Waals surface area (Å²) in [6, 6.07) is 1.85. The predicted molar refractivity (Wildman–Crippen MR) is 58.0 cm³/mol. The van der Waals surface area contributed by atoms with Gasteiger partial charge in [0.05, 0.1) is 6.10 Å². The van der Waals surface area contributed by atoms with Crippen molar-refractivity contribution in [2.75, 3.05) is 6.61 Å². The van der Waals surface area contributed by atoms with E-state index >= 15 is 0 Å². The monoisotopic (exact) mass is 207 g/mol. The van der Waals surface area contributed by atoms with Gasteiger partial charge in [-0.2, -0.15) is 0 Å². The lowest BCUT2D eigenvalue weighted by Gasteiger charge is -2.08.